The van der Waals surface area contributed by atoms with Gasteiger partial charge in [-0.25, -0.2) is 9.37 Å². The zero-order chi connectivity index (χ0) is 20.6. The number of anilines is 1. The number of rotatable bonds is 6. The summed E-state index contributed by atoms with van der Waals surface area (Å²) in [6.45, 7) is 6.39. The summed E-state index contributed by atoms with van der Waals surface area (Å²) in [4.78, 5) is 11.1. The van der Waals surface area contributed by atoms with Crippen LogP contribution in [-0.4, -0.2) is 49.8 Å². The summed E-state index contributed by atoms with van der Waals surface area (Å²) in [5, 5.41) is 6.75. The molecule has 2 heterocycles. The van der Waals surface area contributed by atoms with Crippen molar-refractivity contribution < 1.29 is 9.13 Å². The van der Waals surface area contributed by atoms with E-state index in [1.807, 2.05) is 20.0 Å². The van der Waals surface area contributed by atoms with Crippen molar-refractivity contribution in [2.24, 2.45) is 4.99 Å². The molecule has 29 heavy (non-hydrogen) atoms. The van der Waals surface area contributed by atoms with Crippen molar-refractivity contribution >= 4 is 11.8 Å². The largest absolute Gasteiger partial charge is 0.486 e. The topological polar surface area (TPSA) is 61.8 Å². The van der Waals surface area contributed by atoms with Crippen molar-refractivity contribution in [3.05, 3.63) is 54.0 Å². The Bertz CT molecular complexity index is 803. The van der Waals surface area contributed by atoms with Crippen molar-refractivity contribution in [1.82, 2.24) is 15.6 Å². The molecule has 0 saturated carbocycles. The van der Waals surface area contributed by atoms with E-state index in [1.54, 1.807) is 25.2 Å². The summed E-state index contributed by atoms with van der Waals surface area (Å²) in [5.74, 6) is 1.69. The van der Waals surface area contributed by atoms with Gasteiger partial charge in [-0.1, -0.05) is 18.2 Å². The van der Waals surface area contributed by atoms with Gasteiger partial charge >= 0.3 is 0 Å². The summed E-state index contributed by atoms with van der Waals surface area (Å²) in [6, 6.07) is 11.0. The highest BCUT2D eigenvalue weighted by molar-refractivity contribution is 5.80. The first-order valence-electron chi connectivity index (χ1n) is 10.1. The molecule has 1 atom stereocenters. The third-order valence-electron chi connectivity index (χ3n) is 5.00. The lowest BCUT2D eigenvalue weighted by molar-refractivity contribution is 0.214. The number of nitrogens with one attached hydrogen (secondary N) is 2. The van der Waals surface area contributed by atoms with Crippen LogP contribution >= 0.6 is 0 Å². The van der Waals surface area contributed by atoms with Gasteiger partial charge in [0, 0.05) is 32.4 Å². The highest BCUT2D eigenvalue weighted by Gasteiger charge is 2.21. The quantitative estimate of drug-likeness (QED) is 0.577. The first-order chi connectivity index (χ1) is 14.0. The maximum Gasteiger partial charge on any atom is 0.191 e. The van der Waals surface area contributed by atoms with Crippen LogP contribution in [0.5, 0.6) is 5.75 Å². The van der Waals surface area contributed by atoms with Crippen LogP contribution in [0.3, 0.4) is 0 Å². The van der Waals surface area contributed by atoms with Gasteiger partial charge in [0.15, 0.2) is 17.5 Å². The molecule has 1 aliphatic rings. The van der Waals surface area contributed by atoms with Crippen molar-refractivity contribution in [3.63, 3.8) is 0 Å². The van der Waals surface area contributed by atoms with Crippen LogP contribution in [0.1, 0.15) is 25.3 Å². The summed E-state index contributed by atoms with van der Waals surface area (Å²) >= 11 is 0. The predicted octanol–water partition coefficient (Wildman–Crippen LogP) is 3.13. The van der Waals surface area contributed by atoms with Gasteiger partial charge in [0.1, 0.15) is 11.9 Å². The average Bonchev–Trinajstić information content (AvgIpc) is 2.74. The van der Waals surface area contributed by atoms with Gasteiger partial charge in [-0.2, -0.15) is 0 Å². The summed E-state index contributed by atoms with van der Waals surface area (Å²) in [7, 11) is 1.75. The number of hydrogen-bond acceptors (Lipinski definition) is 4. The molecule has 0 bridgehead atoms. The van der Waals surface area contributed by atoms with Crippen LogP contribution in [0.2, 0.25) is 0 Å². The molecule has 3 rings (SSSR count). The fourth-order valence-corrected chi connectivity index (χ4v) is 3.33. The molecule has 0 amide bonds. The van der Waals surface area contributed by atoms with Gasteiger partial charge < -0.3 is 20.3 Å². The molecule has 1 aliphatic heterocycles. The number of pyridine rings is 1. The normalized spacial score (nSPS) is 16.4. The van der Waals surface area contributed by atoms with Gasteiger partial charge in [0.05, 0.1) is 6.54 Å². The Labute approximate surface area is 172 Å². The van der Waals surface area contributed by atoms with Crippen LogP contribution < -0.4 is 20.3 Å². The Hall–Kier alpha value is -2.83. The molecule has 7 heteroatoms. The molecule has 0 radical (unpaired) electrons. The molecule has 1 aromatic carbocycles. The molecule has 2 aromatic rings. The number of halogens is 1. The molecular weight excluding hydrogens is 369 g/mol. The average molecular weight is 400 g/mol. The number of hydrogen-bond donors (Lipinski definition) is 2. The van der Waals surface area contributed by atoms with Crippen molar-refractivity contribution in [2.45, 2.75) is 38.8 Å². The number of aliphatic imine (C=N–C) groups is 1. The Morgan fingerprint density at radius 2 is 2.03 bits per heavy atom. The van der Waals surface area contributed by atoms with Crippen molar-refractivity contribution in [3.8, 4) is 5.75 Å². The summed E-state index contributed by atoms with van der Waals surface area (Å²) in [5.41, 5.74) is 1.17. The number of ether oxygens (including phenoxy) is 1. The summed E-state index contributed by atoms with van der Waals surface area (Å²) in [6.07, 6.45) is 3.74. The second-order valence-electron chi connectivity index (χ2n) is 7.41. The van der Waals surface area contributed by atoms with Crippen LogP contribution in [0.4, 0.5) is 10.2 Å². The van der Waals surface area contributed by atoms with E-state index in [0.29, 0.717) is 12.6 Å². The summed E-state index contributed by atoms with van der Waals surface area (Å²) < 4.78 is 19.4. The number of para-hydroxylation sites is 1. The number of aromatic nitrogens is 1. The van der Waals surface area contributed by atoms with E-state index >= 15 is 0 Å². The molecule has 2 N–H and O–H groups in total. The smallest absolute Gasteiger partial charge is 0.191 e. The lowest BCUT2D eigenvalue weighted by Gasteiger charge is -2.34. The van der Waals surface area contributed by atoms with Crippen LogP contribution in [0, 0.1) is 12.7 Å². The fraction of sp³-hybridized carbons (Fsp3) is 0.455. The maximum absolute atomic E-state index is 13.7. The Morgan fingerprint density at radius 1 is 1.28 bits per heavy atom. The second-order valence-corrected chi connectivity index (χ2v) is 7.41. The fourth-order valence-electron chi connectivity index (χ4n) is 3.33. The van der Waals surface area contributed by atoms with E-state index in [2.05, 4.69) is 37.6 Å². The van der Waals surface area contributed by atoms with Gasteiger partial charge in [0.2, 0.25) is 0 Å². The number of benzene rings is 1. The number of piperidine rings is 1. The zero-order valence-corrected chi connectivity index (χ0v) is 17.4. The first-order valence-corrected chi connectivity index (χ1v) is 10.1. The molecule has 1 aromatic heterocycles. The molecule has 0 aliphatic carbocycles. The highest BCUT2D eigenvalue weighted by atomic mass is 19.1. The van der Waals surface area contributed by atoms with Gasteiger partial charge in [-0.15, -0.1) is 0 Å². The zero-order valence-electron chi connectivity index (χ0n) is 17.4. The number of guanidine groups is 1. The molecule has 1 unspecified atom stereocenters. The van der Waals surface area contributed by atoms with E-state index in [0.717, 1.165) is 37.7 Å². The van der Waals surface area contributed by atoms with Gasteiger partial charge in [-0.05, 0) is 50.5 Å². The predicted molar refractivity (Wildman–Crippen MR) is 115 cm³/mol. The van der Waals surface area contributed by atoms with E-state index in [-0.39, 0.29) is 17.7 Å². The van der Waals surface area contributed by atoms with Crippen LogP contribution in [-0.2, 0) is 0 Å². The SMILES string of the molecule is CN=C(NCC(C)Oc1ccccc1F)NC1CCN(c2ccc(C)cn2)CC1. The Kier molecular flexibility index (Phi) is 7.27. The van der Waals surface area contributed by atoms with E-state index in [4.69, 9.17) is 4.74 Å². The van der Waals surface area contributed by atoms with E-state index in [9.17, 15) is 4.39 Å². The van der Waals surface area contributed by atoms with Crippen LogP contribution in [0.15, 0.2) is 47.6 Å². The molecule has 0 spiro atoms. The molecular formula is C22H30FN5O. The van der Waals surface area contributed by atoms with E-state index < -0.39 is 0 Å². The minimum atomic E-state index is -0.350. The van der Waals surface area contributed by atoms with Gasteiger partial charge in [-0.3, -0.25) is 4.99 Å². The van der Waals surface area contributed by atoms with E-state index in [1.165, 1.54) is 11.6 Å². The minimum Gasteiger partial charge on any atom is -0.486 e. The minimum absolute atomic E-state index is 0.195. The van der Waals surface area contributed by atoms with Crippen molar-refractivity contribution in [2.75, 3.05) is 31.6 Å². The first kappa shape index (κ1) is 20.9. The third-order valence-corrected chi connectivity index (χ3v) is 5.00. The molecule has 156 valence electrons. The van der Waals surface area contributed by atoms with Gasteiger partial charge in [0.25, 0.3) is 0 Å². The van der Waals surface area contributed by atoms with Crippen molar-refractivity contribution in [1.29, 1.82) is 0 Å². The standard InChI is InChI=1S/C22H30FN5O/c1-16-8-9-21(25-14-16)28-12-10-18(11-13-28)27-22(24-3)26-15-17(2)29-20-7-5-4-6-19(20)23/h4-9,14,17-18H,10-13,15H2,1-3H3,(H2,24,26,27). The highest BCUT2D eigenvalue weighted by Crippen LogP contribution is 2.18. The number of aryl methyl sites for hydroxylation is 1. The molecule has 6 nitrogen and oxygen atoms in total. The Balaban J connectivity index is 1.42. The second kappa shape index (κ2) is 10.1. The lowest BCUT2D eigenvalue weighted by Crippen LogP contribution is -2.50. The third kappa shape index (κ3) is 6.07. The lowest BCUT2D eigenvalue weighted by atomic mass is 10.1. The molecule has 1 fully saturated rings. The number of nitrogens with zero attached hydrogens (tertiary/aromatic N) is 3. The maximum atomic E-state index is 13.7. The molecule has 1 saturated heterocycles. The monoisotopic (exact) mass is 399 g/mol. The van der Waals surface area contributed by atoms with Crippen LogP contribution in [0.25, 0.3) is 0 Å². The Morgan fingerprint density at radius 3 is 2.69 bits per heavy atom.